The van der Waals surface area contributed by atoms with Gasteiger partial charge in [-0.15, -0.1) is 11.6 Å². The Morgan fingerprint density at radius 3 is 2.80 bits per heavy atom. The molecule has 0 atom stereocenters. The molecule has 3 nitrogen and oxygen atoms in total. The molecule has 20 heavy (non-hydrogen) atoms. The average Bonchev–Trinajstić information content (AvgIpc) is 2.78. The number of hydrogen-bond donors (Lipinski definition) is 0. The van der Waals surface area contributed by atoms with Crippen LogP contribution in [0, 0.1) is 0 Å². The van der Waals surface area contributed by atoms with Gasteiger partial charge in [-0.2, -0.15) is 0 Å². The summed E-state index contributed by atoms with van der Waals surface area (Å²) < 4.78 is 3.53. The maximum absolute atomic E-state index is 5.96. The number of nitrogens with zero attached hydrogens (tertiary/aromatic N) is 3. The topological polar surface area (TPSA) is 21.1 Å². The molecule has 0 spiro atoms. The van der Waals surface area contributed by atoms with Gasteiger partial charge in [0.2, 0.25) is 0 Å². The quantitative estimate of drug-likeness (QED) is 0.779. The van der Waals surface area contributed by atoms with E-state index in [0.29, 0.717) is 11.9 Å². The Hall–Kier alpha value is -0.580. The van der Waals surface area contributed by atoms with E-state index in [9.17, 15) is 0 Å². The van der Waals surface area contributed by atoms with Gasteiger partial charge in [-0.05, 0) is 51.2 Å². The first-order valence-electron chi connectivity index (χ1n) is 7.10. The second-order valence-corrected chi connectivity index (χ2v) is 6.80. The van der Waals surface area contributed by atoms with Crippen LogP contribution in [0.3, 0.4) is 0 Å². The second kappa shape index (κ2) is 6.04. The van der Waals surface area contributed by atoms with Gasteiger partial charge in [-0.1, -0.05) is 15.9 Å². The summed E-state index contributed by atoms with van der Waals surface area (Å²) in [5.74, 6) is 1.75. The van der Waals surface area contributed by atoms with E-state index >= 15 is 0 Å². The van der Waals surface area contributed by atoms with Crippen molar-refractivity contribution >= 4 is 38.6 Å². The largest absolute Gasteiger partial charge is 0.325 e. The fraction of sp³-hybridized carbons (Fsp3) is 0.533. The second-order valence-electron chi connectivity index (χ2n) is 5.50. The number of piperidine rings is 1. The van der Waals surface area contributed by atoms with Crippen LogP contribution in [0.5, 0.6) is 0 Å². The molecule has 3 rings (SSSR count). The number of imidazole rings is 1. The molecule has 1 aromatic heterocycles. The van der Waals surface area contributed by atoms with E-state index in [2.05, 4.69) is 50.6 Å². The fourth-order valence-electron chi connectivity index (χ4n) is 3.04. The number of alkyl halides is 1. The molecule has 1 fully saturated rings. The lowest BCUT2D eigenvalue weighted by Gasteiger charge is -2.31. The van der Waals surface area contributed by atoms with E-state index in [-0.39, 0.29) is 0 Å². The van der Waals surface area contributed by atoms with E-state index in [0.717, 1.165) is 35.3 Å². The number of fused-ring (bicyclic) bond motifs is 1. The average molecular weight is 357 g/mol. The summed E-state index contributed by atoms with van der Waals surface area (Å²) in [6.07, 6.45) is 3.20. The molecule has 1 aliphatic rings. The number of aryl methyl sites for hydroxylation is 1. The van der Waals surface area contributed by atoms with Crippen molar-refractivity contribution in [2.45, 2.75) is 25.3 Å². The molecular formula is C15H19BrClN3. The highest BCUT2D eigenvalue weighted by Gasteiger charge is 2.22. The Labute approximate surface area is 133 Å². The number of benzene rings is 1. The summed E-state index contributed by atoms with van der Waals surface area (Å²) in [7, 11) is 2.19. The molecule has 1 aliphatic heterocycles. The van der Waals surface area contributed by atoms with Gasteiger partial charge in [0.05, 0.1) is 11.0 Å². The van der Waals surface area contributed by atoms with Gasteiger partial charge in [-0.25, -0.2) is 4.98 Å². The van der Waals surface area contributed by atoms with Gasteiger partial charge >= 0.3 is 0 Å². The van der Waals surface area contributed by atoms with Crippen LogP contribution in [0.2, 0.25) is 0 Å². The first-order valence-corrected chi connectivity index (χ1v) is 8.42. The van der Waals surface area contributed by atoms with E-state index in [1.54, 1.807) is 0 Å². The highest BCUT2D eigenvalue weighted by Crippen LogP contribution is 2.30. The van der Waals surface area contributed by atoms with Crippen LogP contribution in [0.4, 0.5) is 0 Å². The summed E-state index contributed by atoms with van der Waals surface area (Å²) in [5.41, 5.74) is 2.31. The molecular weight excluding hydrogens is 338 g/mol. The molecule has 0 radical (unpaired) electrons. The molecule has 2 heterocycles. The van der Waals surface area contributed by atoms with E-state index in [1.165, 1.54) is 18.4 Å². The summed E-state index contributed by atoms with van der Waals surface area (Å²) >= 11 is 9.53. The first-order chi connectivity index (χ1) is 9.69. The maximum atomic E-state index is 5.96. The van der Waals surface area contributed by atoms with Gasteiger partial charge in [0.25, 0.3) is 0 Å². The minimum absolute atomic E-state index is 0.545. The number of likely N-dealkylation sites (tertiary alicyclic amines) is 1. The zero-order chi connectivity index (χ0) is 14.1. The van der Waals surface area contributed by atoms with Gasteiger partial charge < -0.3 is 9.47 Å². The standard InChI is InChI=1S/C15H19BrClN3/c1-19-8-5-12(6-9-19)20-14-10-11(16)2-3-13(14)18-15(20)4-7-17/h2-3,10,12H,4-9H2,1H3. The third kappa shape index (κ3) is 2.74. The van der Waals surface area contributed by atoms with E-state index < -0.39 is 0 Å². The molecule has 0 bridgehead atoms. The third-order valence-corrected chi connectivity index (χ3v) is 4.78. The zero-order valence-corrected chi connectivity index (χ0v) is 14.0. The molecule has 0 unspecified atom stereocenters. The highest BCUT2D eigenvalue weighted by atomic mass is 79.9. The molecule has 0 saturated carbocycles. The van der Waals surface area contributed by atoms with Crippen LogP contribution < -0.4 is 0 Å². The monoisotopic (exact) mass is 355 g/mol. The Balaban J connectivity index is 2.05. The number of halogens is 2. The Kier molecular flexibility index (Phi) is 4.34. The smallest absolute Gasteiger partial charge is 0.111 e. The molecule has 0 amide bonds. The minimum Gasteiger partial charge on any atom is -0.325 e. The molecule has 2 aromatic rings. The lowest BCUT2D eigenvalue weighted by atomic mass is 10.0. The molecule has 108 valence electrons. The lowest BCUT2D eigenvalue weighted by Crippen LogP contribution is -2.32. The molecule has 5 heteroatoms. The molecule has 1 aromatic carbocycles. The van der Waals surface area contributed by atoms with Gasteiger partial charge in [-0.3, -0.25) is 0 Å². The SMILES string of the molecule is CN1CCC(n2c(CCCl)nc3ccc(Br)cc32)CC1. The van der Waals surface area contributed by atoms with Crippen molar-refractivity contribution in [2.75, 3.05) is 26.0 Å². The Morgan fingerprint density at radius 1 is 1.35 bits per heavy atom. The van der Waals surface area contributed by atoms with Crippen LogP contribution in [-0.4, -0.2) is 40.5 Å². The van der Waals surface area contributed by atoms with Gasteiger partial charge in [0.1, 0.15) is 5.82 Å². The third-order valence-electron chi connectivity index (χ3n) is 4.10. The Bertz CT molecular complexity index is 602. The predicted molar refractivity (Wildman–Crippen MR) is 87.6 cm³/mol. The number of hydrogen-bond acceptors (Lipinski definition) is 2. The zero-order valence-electron chi connectivity index (χ0n) is 11.6. The summed E-state index contributed by atoms with van der Waals surface area (Å²) in [4.78, 5) is 7.18. The minimum atomic E-state index is 0.545. The molecule has 1 saturated heterocycles. The van der Waals surface area contributed by atoms with Gasteiger partial charge in [0.15, 0.2) is 0 Å². The Morgan fingerprint density at radius 2 is 2.10 bits per heavy atom. The number of aromatic nitrogens is 2. The van der Waals surface area contributed by atoms with Crippen molar-refractivity contribution in [3.05, 3.63) is 28.5 Å². The van der Waals surface area contributed by atoms with Crippen molar-refractivity contribution in [3.63, 3.8) is 0 Å². The number of rotatable bonds is 3. The molecule has 0 aliphatic carbocycles. The van der Waals surface area contributed by atoms with Crippen LogP contribution >= 0.6 is 27.5 Å². The van der Waals surface area contributed by atoms with E-state index in [4.69, 9.17) is 16.6 Å². The maximum Gasteiger partial charge on any atom is 0.111 e. The van der Waals surface area contributed by atoms with Crippen molar-refractivity contribution in [1.82, 2.24) is 14.5 Å². The van der Waals surface area contributed by atoms with Crippen molar-refractivity contribution in [2.24, 2.45) is 0 Å². The van der Waals surface area contributed by atoms with Crippen LogP contribution in [0.25, 0.3) is 11.0 Å². The summed E-state index contributed by atoms with van der Waals surface area (Å²) in [6, 6.07) is 6.86. The van der Waals surface area contributed by atoms with Crippen molar-refractivity contribution < 1.29 is 0 Å². The van der Waals surface area contributed by atoms with Crippen LogP contribution in [-0.2, 0) is 6.42 Å². The van der Waals surface area contributed by atoms with Crippen LogP contribution in [0.15, 0.2) is 22.7 Å². The highest BCUT2D eigenvalue weighted by molar-refractivity contribution is 9.10. The fourth-order valence-corrected chi connectivity index (χ4v) is 3.56. The van der Waals surface area contributed by atoms with Crippen LogP contribution in [0.1, 0.15) is 24.7 Å². The molecule has 0 N–H and O–H groups in total. The van der Waals surface area contributed by atoms with Crippen molar-refractivity contribution in [1.29, 1.82) is 0 Å². The normalized spacial score (nSPS) is 17.9. The van der Waals surface area contributed by atoms with Crippen molar-refractivity contribution in [3.8, 4) is 0 Å². The van der Waals surface area contributed by atoms with E-state index in [1.807, 2.05) is 0 Å². The lowest BCUT2D eigenvalue weighted by molar-refractivity contribution is 0.221. The predicted octanol–water partition coefficient (Wildman–Crippen LogP) is 3.85. The van der Waals surface area contributed by atoms with Gasteiger partial charge in [0, 0.05) is 22.8 Å². The summed E-state index contributed by atoms with van der Waals surface area (Å²) in [5, 5.41) is 0. The summed E-state index contributed by atoms with van der Waals surface area (Å²) in [6.45, 7) is 2.30. The first kappa shape index (κ1) is 14.4.